The fraction of sp³-hybridized carbons (Fsp3) is 0.643. The van der Waals surface area contributed by atoms with Gasteiger partial charge in [-0.3, -0.25) is 24.0 Å². The summed E-state index contributed by atoms with van der Waals surface area (Å²) in [6.07, 6.45) is -4.83. The number of ketones is 4. The van der Waals surface area contributed by atoms with Crippen molar-refractivity contribution in [2.75, 3.05) is 11.9 Å². The number of aliphatic hydroxyl groups is 4. The lowest BCUT2D eigenvalue weighted by molar-refractivity contribution is -0.226. The quantitative estimate of drug-likeness (QED) is 0.126. The molecule has 10 nitrogen and oxygen atoms in total. The van der Waals surface area contributed by atoms with E-state index in [1.807, 2.05) is 0 Å². The van der Waals surface area contributed by atoms with Crippen molar-refractivity contribution in [3.8, 4) is 0 Å². The number of ether oxygens (including phenoxy) is 1. The molecule has 0 rings (SSSR count). The molecule has 0 saturated carbocycles. The molecule has 0 aromatic carbocycles. The zero-order chi connectivity index (χ0) is 20.2. The third-order valence-corrected chi connectivity index (χ3v) is 4.05. The lowest BCUT2D eigenvalue weighted by Gasteiger charge is -2.44. The maximum Gasteiger partial charge on any atom is 0.304 e. The van der Waals surface area contributed by atoms with E-state index in [1.54, 1.807) is 0 Å². The molecule has 0 bridgehead atoms. The van der Waals surface area contributed by atoms with Crippen LogP contribution < -0.4 is 0 Å². The first-order chi connectivity index (χ1) is 11.3. The van der Waals surface area contributed by atoms with Crippen molar-refractivity contribution >= 4 is 45.0 Å². The van der Waals surface area contributed by atoms with E-state index in [0.717, 1.165) is 6.92 Å². The highest BCUT2D eigenvalue weighted by Gasteiger charge is 2.70. The minimum absolute atomic E-state index is 0.639. The zero-order valence-electron chi connectivity index (χ0n) is 13.7. The Hall–Kier alpha value is -1.53. The standard InChI is InChI=1S/C14H19BrO10/c1-6(17)13(24,11(22)10(21)5-16)14(7(2)18,25-8(3)19)12(23)9(20)4-15/h10-11,16,21-22,24H,4-5H2,1-3H3/t10-,11+,13+,14+/m1/s1. The van der Waals surface area contributed by atoms with Gasteiger partial charge in [-0.2, -0.15) is 0 Å². The molecule has 25 heavy (non-hydrogen) atoms. The molecule has 0 heterocycles. The van der Waals surface area contributed by atoms with Gasteiger partial charge >= 0.3 is 5.97 Å². The van der Waals surface area contributed by atoms with Crippen molar-refractivity contribution in [3.63, 3.8) is 0 Å². The molecule has 0 aromatic rings. The Bertz CT molecular complexity index is 588. The van der Waals surface area contributed by atoms with Crippen LogP contribution in [0.2, 0.25) is 0 Å². The Morgan fingerprint density at radius 3 is 1.80 bits per heavy atom. The number of aliphatic hydroxyl groups excluding tert-OH is 3. The van der Waals surface area contributed by atoms with E-state index >= 15 is 0 Å². The monoisotopic (exact) mass is 426 g/mol. The number of carbonyl (C=O) groups is 5. The molecule has 11 heteroatoms. The van der Waals surface area contributed by atoms with Gasteiger partial charge in [-0.05, 0) is 13.8 Å². The molecule has 142 valence electrons. The maximum absolute atomic E-state index is 12.5. The molecule has 0 aliphatic heterocycles. The van der Waals surface area contributed by atoms with E-state index in [1.165, 1.54) is 0 Å². The number of Topliss-reactive ketones (excluding diaryl/α,β-unsaturated/α-hetero) is 4. The minimum atomic E-state index is -3.53. The van der Waals surface area contributed by atoms with Gasteiger partial charge in [0.25, 0.3) is 11.4 Å². The number of hydrogen-bond donors (Lipinski definition) is 4. The van der Waals surface area contributed by atoms with Crippen LogP contribution in [-0.4, -0.2) is 84.9 Å². The second-order valence-electron chi connectivity index (χ2n) is 5.23. The van der Waals surface area contributed by atoms with E-state index in [4.69, 9.17) is 5.11 Å². The maximum atomic E-state index is 12.5. The third-order valence-electron chi connectivity index (χ3n) is 3.54. The van der Waals surface area contributed by atoms with Gasteiger partial charge < -0.3 is 25.2 Å². The highest BCUT2D eigenvalue weighted by atomic mass is 79.9. The van der Waals surface area contributed by atoms with Crippen molar-refractivity contribution in [1.29, 1.82) is 0 Å². The van der Waals surface area contributed by atoms with Gasteiger partial charge in [-0.15, -0.1) is 0 Å². The summed E-state index contributed by atoms with van der Waals surface area (Å²) in [6, 6.07) is 0. The summed E-state index contributed by atoms with van der Waals surface area (Å²) in [5, 5.41) is 38.8. The second kappa shape index (κ2) is 8.72. The summed E-state index contributed by atoms with van der Waals surface area (Å²) >= 11 is 2.67. The molecule has 0 aliphatic rings. The smallest absolute Gasteiger partial charge is 0.304 e. The van der Waals surface area contributed by atoms with Crippen molar-refractivity contribution in [1.82, 2.24) is 0 Å². The SMILES string of the molecule is CC(=O)O[C@@](C(C)=O)(C(=O)C(=O)CBr)[C@](O)(C(C)=O)[C@@H](O)[C@H](O)CO. The summed E-state index contributed by atoms with van der Waals surface area (Å²) in [5.74, 6) is -7.35. The highest BCUT2D eigenvalue weighted by molar-refractivity contribution is 9.09. The normalized spacial score (nSPS) is 18.2. The Kier molecular flexibility index (Phi) is 8.18. The van der Waals surface area contributed by atoms with E-state index in [0.29, 0.717) is 13.8 Å². The molecule has 4 N–H and O–H groups in total. The first-order valence-corrected chi connectivity index (χ1v) is 8.01. The van der Waals surface area contributed by atoms with E-state index in [-0.39, 0.29) is 0 Å². The number of alkyl halides is 1. The molecule has 0 aliphatic carbocycles. The summed E-state index contributed by atoms with van der Waals surface area (Å²) in [6.45, 7) is 0.846. The largest absolute Gasteiger partial charge is 0.439 e. The fourth-order valence-corrected chi connectivity index (χ4v) is 2.57. The van der Waals surface area contributed by atoms with Crippen molar-refractivity contribution < 1.29 is 49.1 Å². The molecule has 4 atom stereocenters. The number of halogens is 1. The fourth-order valence-electron chi connectivity index (χ4n) is 2.31. The van der Waals surface area contributed by atoms with Crippen LogP contribution >= 0.6 is 15.9 Å². The predicted molar refractivity (Wildman–Crippen MR) is 83.7 cm³/mol. The molecule has 0 spiro atoms. The summed E-state index contributed by atoms with van der Waals surface area (Å²) in [7, 11) is 0. The lowest BCUT2D eigenvalue weighted by Crippen LogP contribution is -2.76. The van der Waals surface area contributed by atoms with Crippen molar-refractivity contribution in [3.05, 3.63) is 0 Å². The Labute approximate surface area is 150 Å². The minimum Gasteiger partial charge on any atom is -0.439 e. The van der Waals surface area contributed by atoms with Gasteiger partial charge in [0.1, 0.15) is 12.2 Å². The average Bonchev–Trinajstić information content (AvgIpc) is 2.55. The Morgan fingerprint density at radius 1 is 1.04 bits per heavy atom. The second-order valence-corrected chi connectivity index (χ2v) is 5.80. The molecule has 0 amide bonds. The molecule has 0 unspecified atom stereocenters. The zero-order valence-corrected chi connectivity index (χ0v) is 15.3. The van der Waals surface area contributed by atoms with Crippen LogP contribution in [0.15, 0.2) is 0 Å². The number of hydrogen-bond acceptors (Lipinski definition) is 10. The van der Waals surface area contributed by atoms with Crippen LogP contribution in [0.25, 0.3) is 0 Å². The van der Waals surface area contributed by atoms with E-state index in [2.05, 4.69) is 20.7 Å². The number of rotatable bonds is 10. The van der Waals surface area contributed by atoms with Gasteiger partial charge in [0.2, 0.25) is 11.4 Å². The van der Waals surface area contributed by atoms with Crippen LogP contribution in [-0.2, 0) is 28.7 Å². The van der Waals surface area contributed by atoms with E-state index < -0.39 is 64.4 Å². The van der Waals surface area contributed by atoms with Crippen LogP contribution in [0.1, 0.15) is 20.8 Å². The van der Waals surface area contributed by atoms with Gasteiger partial charge in [-0.25, -0.2) is 0 Å². The Balaban J connectivity index is 6.92. The number of carbonyl (C=O) groups excluding carboxylic acids is 5. The molecular weight excluding hydrogens is 408 g/mol. The molecule has 0 saturated heterocycles. The first-order valence-electron chi connectivity index (χ1n) is 6.89. The van der Waals surface area contributed by atoms with Gasteiger partial charge in [0.05, 0.1) is 11.9 Å². The van der Waals surface area contributed by atoms with Crippen molar-refractivity contribution in [2.45, 2.75) is 44.2 Å². The molecule has 0 aromatic heterocycles. The van der Waals surface area contributed by atoms with Gasteiger partial charge in [-0.1, -0.05) is 15.9 Å². The topological polar surface area (TPSA) is 175 Å². The summed E-state index contributed by atoms with van der Waals surface area (Å²) < 4.78 is 4.62. The number of esters is 1. The molecular formula is C14H19BrO10. The van der Waals surface area contributed by atoms with Gasteiger partial charge in [0, 0.05) is 6.92 Å². The highest BCUT2D eigenvalue weighted by Crippen LogP contribution is 2.35. The van der Waals surface area contributed by atoms with Gasteiger partial charge in [0.15, 0.2) is 11.6 Å². The average molecular weight is 427 g/mol. The molecule has 0 radical (unpaired) electrons. The van der Waals surface area contributed by atoms with Crippen molar-refractivity contribution in [2.24, 2.45) is 0 Å². The van der Waals surface area contributed by atoms with Crippen LogP contribution in [0.4, 0.5) is 0 Å². The lowest BCUT2D eigenvalue weighted by atomic mass is 9.69. The molecule has 0 fully saturated rings. The summed E-state index contributed by atoms with van der Waals surface area (Å²) in [5.41, 5.74) is -6.97. The Morgan fingerprint density at radius 2 is 1.52 bits per heavy atom. The third kappa shape index (κ3) is 4.01. The van der Waals surface area contributed by atoms with E-state index in [9.17, 15) is 39.3 Å². The predicted octanol–water partition coefficient (Wildman–Crippen LogP) is -2.56. The van der Waals surface area contributed by atoms with Crippen LogP contribution in [0.5, 0.6) is 0 Å². The van der Waals surface area contributed by atoms with Crippen LogP contribution in [0, 0.1) is 0 Å². The summed E-state index contributed by atoms with van der Waals surface area (Å²) in [4.78, 5) is 60.0. The van der Waals surface area contributed by atoms with Crippen LogP contribution in [0.3, 0.4) is 0 Å². The first kappa shape index (κ1) is 23.5.